The molecule has 12 heteroatoms. The highest BCUT2D eigenvalue weighted by molar-refractivity contribution is 7.20. The zero-order chi connectivity index (χ0) is 23.2. The van der Waals surface area contributed by atoms with Crippen LogP contribution in [0.4, 0.5) is 15.8 Å². The summed E-state index contributed by atoms with van der Waals surface area (Å²) in [4.78, 5) is 28.6. The van der Waals surface area contributed by atoms with E-state index in [4.69, 9.17) is 17.3 Å². The van der Waals surface area contributed by atoms with Crippen LogP contribution in [0.2, 0.25) is 0 Å². The average Bonchev–Trinajstić information content (AvgIpc) is 3.46. The molecule has 0 atom stereocenters. The zero-order valence-electron chi connectivity index (χ0n) is 17.2. The molecule has 2 amide bonds. The van der Waals surface area contributed by atoms with Crippen molar-refractivity contribution in [1.29, 1.82) is 0 Å². The van der Waals surface area contributed by atoms with Gasteiger partial charge in [-0.05, 0) is 46.2 Å². The fourth-order valence-electron chi connectivity index (χ4n) is 3.04. The number of carbonyl (C=O) groups is 2. The van der Waals surface area contributed by atoms with Crippen molar-refractivity contribution in [1.82, 2.24) is 25.2 Å². The summed E-state index contributed by atoms with van der Waals surface area (Å²) < 4.78 is 1.59. The van der Waals surface area contributed by atoms with Gasteiger partial charge >= 0.3 is 0 Å². The van der Waals surface area contributed by atoms with E-state index in [-0.39, 0.29) is 15.7 Å². The first-order valence-corrected chi connectivity index (χ1v) is 11.1. The molecule has 4 N–H and O–H groups in total. The number of anilines is 3. The number of fused-ring (bicyclic) bond motifs is 1. The van der Waals surface area contributed by atoms with Crippen LogP contribution in [0.3, 0.4) is 0 Å². The number of allylic oxidation sites excluding steroid dienone is 1. The highest BCUT2D eigenvalue weighted by Crippen LogP contribution is 2.32. The number of hydrogen-bond donors (Lipinski definition) is 3. The molecule has 0 fully saturated rings. The fourth-order valence-corrected chi connectivity index (χ4v) is 4.08. The zero-order valence-corrected chi connectivity index (χ0v) is 18.8. The van der Waals surface area contributed by atoms with Crippen molar-refractivity contribution < 1.29 is 9.59 Å². The van der Waals surface area contributed by atoms with Gasteiger partial charge < -0.3 is 16.4 Å². The molecule has 0 aliphatic carbocycles. The number of unbranched alkanes of at least 4 members (excludes halogenated alkanes) is 1. The minimum absolute atomic E-state index is 0.000394. The lowest BCUT2D eigenvalue weighted by atomic mass is 10.1. The Morgan fingerprint density at radius 2 is 2.00 bits per heavy atom. The van der Waals surface area contributed by atoms with Gasteiger partial charge in [0.2, 0.25) is 0 Å². The minimum atomic E-state index is -0.755. The molecule has 2 aromatic heterocycles. The van der Waals surface area contributed by atoms with E-state index in [1.165, 1.54) is 6.33 Å². The van der Waals surface area contributed by atoms with Crippen molar-refractivity contribution in [3.63, 3.8) is 0 Å². The van der Waals surface area contributed by atoms with Gasteiger partial charge in [0.15, 0.2) is 10.8 Å². The van der Waals surface area contributed by atoms with Gasteiger partial charge in [0, 0.05) is 12.2 Å². The number of halogens is 1. The lowest BCUT2D eigenvalue weighted by molar-refractivity contribution is -0.112. The van der Waals surface area contributed by atoms with E-state index in [1.54, 1.807) is 10.8 Å². The summed E-state index contributed by atoms with van der Waals surface area (Å²) in [5.74, 6) is -1.31. The second-order valence-electron chi connectivity index (χ2n) is 6.97. The highest BCUT2D eigenvalue weighted by atomic mass is 35.5. The fraction of sp³-hybridized carbons (Fsp3) is 0.143. The van der Waals surface area contributed by atoms with Gasteiger partial charge in [-0.2, -0.15) is 0 Å². The van der Waals surface area contributed by atoms with Gasteiger partial charge in [-0.3, -0.25) is 9.59 Å². The van der Waals surface area contributed by atoms with E-state index in [0.29, 0.717) is 24.5 Å². The van der Waals surface area contributed by atoms with Crippen molar-refractivity contribution in [2.24, 2.45) is 5.73 Å². The van der Waals surface area contributed by atoms with Gasteiger partial charge in [-0.25, -0.2) is 9.67 Å². The molecule has 168 valence electrons. The predicted molar refractivity (Wildman–Crippen MR) is 127 cm³/mol. The molecule has 4 rings (SSSR count). The van der Waals surface area contributed by atoms with E-state index in [1.807, 2.05) is 42.5 Å². The number of aryl methyl sites for hydroxylation is 1. The molecule has 0 radical (unpaired) electrons. The third-order valence-electron chi connectivity index (χ3n) is 4.61. The van der Waals surface area contributed by atoms with E-state index in [0.717, 1.165) is 27.8 Å². The number of benzene rings is 2. The summed E-state index contributed by atoms with van der Waals surface area (Å²) in [5.41, 5.74) is 6.20. The molecule has 0 spiro atoms. The molecule has 2 aromatic carbocycles. The van der Waals surface area contributed by atoms with Gasteiger partial charge in [-0.1, -0.05) is 59.3 Å². The Hall–Kier alpha value is -3.83. The van der Waals surface area contributed by atoms with Crippen LogP contribution < -0.4 is 16.4 Å². The number of carbonyl (C=O) groups excluding carboxylic acids is 2. The van der Waals surface area contributed by atoms with Crippen LogP contribution in [0.5, 0.6) is 0 Å². The number of thiazole rings is 1. The van der Waals surface area contributed by atoms with Crippen molar-refractivity contribution >= 4 is 61.3 Å². The molecule has 10 nitrogen and oxygen atoms in total. The van der Waals surface area contributed by atoms with Crippen LogP contribution in [0.1, 0.15) is 23.3 Å². The first-order chi connectivity index (χ1) is 16.0. The van der Waals surface area contributed by atoms with Crippen LogP contribution in [-0.4, -0.2) is 37.0 Å². The quantitative estimate of drug-likeness (QED) is 0.244. The molecule has 0 unspecified atom stereocenters. The SMILES string of the molecule is NC(=O)c1nc(Nc2ccc3ccccc3c2)sc1NC(=O)/C(Cl)=C/CCCn1cnnn1. The summed E-state index contributed by atoms with van der Waals surface area (Å²) in [6, 6.07) is 13.8. The maximum absolute atomic E-state index is 12.5. The largest absolute Gasteiger partial charge is 0.364 e. The number of primary amides is 1. The second-order valence-corrected chi connectivity index (χ2v) is 8.38. The molecular formula is C21H19ClN8O2S. The summed E-state index contributed by atoms with van der Waals surface area (Å²) in [6.45, 7) is 0.597. The smallest absolute Gasteiger partial charge is 0.270 e. The summed E-state index contributed by atoms with van der Waals surface area (Å²) in [7, 11) is 0. The van der Waals surface area contributed by atoms with E-state index in [2.05, 4.69) is 31.1 Å². The maximum atomic E-state index is 12.5. The number of aromatic nitrogens is 5. The molecule has 2 heterocycles. The Balaban J connectivity index is 1.42. The Bertz CT molecular complexity index is 1320. The molecular weight excluding hydrogens is 464 g/mol. The maximum Gasteiger partial charge on any atom is 0.270 e. The van der Waals surface area contributed by atoms with Crippen molar-refractivity contribution in [3.8, 4) is 0 Å². The number of nitrogens with two attached hydrogens (primary N) is 1. The molecule has 0 saturated carbocycles. The van der Waals surface area contributed by atoms with E-state index in [9.17, 15) is 9.59 Å². The van der Waals surface area contributed by atoms with Gasteiger partial charge in [0.05, 0.1) is 0 Å². The van der Waals surface area contributed by atoms with E-state index >= 15 is 0 Å². The Labute approximate surface area is 197 Å². The van der Waals surface area contributed by atoms with Crippen LogP contribution >= 0.6 is 22.9 Å². The number of nitrogens with zero attached hydrogens (tertiary/aromatic N) is 5. The van der Waals surface area contributed by atoms with Gasteiger partial charge in [0.1, 0.15) is 16.4 Å². The summed E-state index contributed by atoms with van der Waals surface area (Å²) in [5, 5.41) is 19.4. The Kier molecular flexibility index (Phi) is 6.91. The number of rotatable bonds is 9. The standard InChI is InChI=1S/C21H19ClN8O2S/c22-16(7-3-4-10-30-12-24-28-29-30)19(32)27-20-17(18(23)31)26-21(33-20)25-15-9-8-13-5-1-2-6-14(13)11-15/h1-2,5-9,11-12H,3-4,10H2,(H2,23,31)(H,25,26)(H,27,32)/b16-7-. The number of amides is 2. The Morgan fingerprint density at radius 3 is 2.76 bits per heavy atom. The van der Waals surface area contributed by atoms with Crippen LogP contribution in [-0.2, 0) is 11.3 Å². The van der Waals surface area contributed by atoms with Crippen molar-refractivity contribution in [3.05, 3.63) is 65.6 Å². The topological polar surface area (TPSA) is 141 Å². The number of hydrogen-bond acceptors (Lipinski definition) is 8. The monoisotopic (exact) mass is 482 g/mol. The normalized spacial score (nSPS) is 11.5. The van der Waals surface area contributed by atoms with Crippen LogP contribution in [0, 0.1) is 0 Å². The molecule has 0 aliphatic heterocycles. The average molecular weight is 483 g/mol. The van der Waals surface area contributed by atoms with Gasteiger partial charge in [0.25, 0.3) is 11.8 Å². The number of tetrazole rings is 1. The third kappa shape index (κ3) is 5.70. The second kappa shape index (κ2) is 10.2. The van der Waals surface area contributed by atoms with Crippen molar-refractivity contribution in [2.75, 3.05) is 10.6 Å². The molecule has 0 bridgehead atoms. The highest BCUT2D eigenvalue weighted by Gasteiger charge is 2.19. The van der Waals surface area contributed by atoms with Crippen LogP contribution in [0.15, 0.2) is 59.9 Å². The molecule has 33 heavy (non-hydrogen) atoms. The van der Waals surface area contributed by atoms with Gasteiger partial charge in [-0.15, -0.1) is 5.10 Å². The lowest BCUT2D eigenvalue weighted by Crippen LogP contribution is -2.17. The van der Waals surface area contributed by atoms with Crippen molar-refractivity contribution in [2.45, 2.75) is 19.4 Å². The van der Waals surface area contributed by atoms with E-state index < -0.39 is 11.8 Å². The van der Waals surface area contributed by atoms with Crippen LogP contribution in [0.25, 0.3) is 10.8 Å². The Morgan fingerprint density at radius 1 is 1.18 bits per heavy atom. The first-order valence-electron chi connectivity index (χ1n) is 9.94. The molecule has 0 aliphatic rings. The lowest BCUT2D eigenvalue weighted by Gasteiger charge is -2.04. The summed E-state index contributed by atoms with van der Waals surface area (Å²) in [6.07, 6.45) is 4.35. The summed E-state index contributed by atoms with van der Waals surface area (Å²) >= 11 is 7.21. The third-order valence-corrected chi connectivity index (χ3v) is 5.82. The first kappa shape index (κ1) is 22.4. The molecule has 0 saturated heterocycles. The minimum Gasteiger partial charge on any atom is -0.364 e. The number of nitrogens with one attached hydrogen (secondary N) is 2. The predicted octanol–water partition coefficient (Wildman–Crippen LogP) is 3.67. The molecule has 4 aromatic rings.